The minimum Gasteiger partial charge on any atom is -0.445 e. The van der Waals surface area contributed by atoms with E-state index in [1.807, 2.05) is 74.5 Å². The predicted octanol–water partition coefficient (Wildman–Crippen LogP) is 3.82. The topological polar surface area (TPSA) is 85.9 Å². The van der Waals surface area contributed by atoms with Gasteiger partial charge in [0, 0.05) is 32.6 Å². The van der Waals surface area contributed by atoms with Crippen LogP contribution in [0.2, 0.25) is 0 Å². The number of amides is 2. The van der Waals surface area contributed by atoms with Crippen molar-refractivity contribution in [2.24, 2.45) is 0 Å². The quantitative estimate of drug-likeness (QED) is 0.343. The highest BCUT2D eigenvalue weighted by molar-refractivity contribution is 5.85. The second-order valence-corrected chi connectivity index (χ2v) is 7.22. The lowest BCUT2D eigenvalue weighted by Crippen LogP contribution is -2.48. The maximum atomic E-state index is 12.8. The van der Waals surface area contributed by atoms with E-state index in [-0.39, 0.29) is 18.8 Å². The number of rotatable bonds is 14. The molecule has 2 amide bonds. The van der Waals surface area contributed by atoms with Gasteiger partial charge in [0.05, 0.1) is 0 Å². The molecule has 2 aromatic carbocycles. The molecule has 0 saturated heterocycles. The van der Waals surface area contributed by atoms with Crippen molar-refractivity contribution in [2.75, 3.05) is 19.8 Å². The maximum Gasteiger partial charge on any atom is 0.408 e. The highest BCUT2D eigenvalue weighted by Gasteiger charge is 2.22. The van der Waals surface area contributed by atoms with Crippen molar-refractivity contribution in [1.29, 1.82) is 0 Å². The number of alkyl carbamates (subject to hydrolysis) is 1. The molecule has 2 N–H and O–H groups in total. The molecule has 0 radical (unpaired) electrons. The molecular weight excluding hydrogens is 408 g/mol. The van der Waals surface area contributed by atoms with Crippen LogP contribution in [0.1, 0.15) is 37.8 Å². The van der Waals surface area contributed by atoms with Gasteiger partial charge in [0.15, 0.2) is 6.29 Å². The normalized spacial score (nSPS) is 11.7. The van der Waals surface area contributed by atoms with Gasteiger partial charge in [0.2, 0.25) is 5.91 Å². The molecule has 0 aromatic heterocycles. The van der Waals surface area contributed by atoms with Crippen LogP contribution in [-0.4, -0.2) is 44.1 Å². The van der Waals surface area contributed by atoms with Crippen LogP contribution in [0.25, 0.3) is 0 Å². The first-order chi connectivity index (χ1) is 15.6. The SMILES string of the molecule is CCOC(CCCNC(=O)[C@H](Cc1ccccc1)NC(=O)OCc1ccccc1)OCC. The van der Waals surface area contributed by atoms with Crippen molar-refractivity contribution >= 4 is 12.0 Å². The van der Waals surface area contributed by atoms with Crippen molar-refractivity contribution in [3.05, 3.63) is 71.8 Å². The van der Waals surface area contributed by atoms with Crippen LogP contribution in [-0.2, 0) is 32.0 Å². The molecule has 0 heterocycles. The molecule has 7 nitrogen and oxygen atoms in total. The molecule has 0 aliphatic carbocycles. The zero-order valence-corrected chi connectivity index (χ0v) is 18.9. The maximum absolute atomic E-state index is 12.8. The van der Waals surface area contributed by atoms with Gasteiger partial charge in [0.25, 0.3) is 0 Å². The van der Waals surface area contributed by atoms with Gasteiger partial charge < -0.3 is 24.8 Å². The van der Waals surface area contributed by atoms with E-state index in [4.69, 9.17) is 14.2 Å². The number of benzene rings is 2. The van der Waals surface area contributed by atoms with E-state index in [0.717, 1.165) is 11.1 Å². The van der Waals surface area contributed by atoms with Gasteiger partial charge in [0.1, 0.15) is 12.6 Å². The molecule has 0 unspecified atom stereocenters. The molecule has 0 spiro atoms. The molecule has 0 saturated carbocycles. The molecule has 1 atom stereocenters. The average molecular weight is 443 g/mol. The van der Waals surface area contributed by atoms with Crippen LogP contribution in [0, 0.1) is 0 Å². The fourth-order valence-electron chi connectivity index (χ4n) is 3.16. The Bertz CT molecular complexity index is 779. The lowest BCUT2D eigenvalue weighted by molar-refractivity contribution is -0.140. The Morgan fingerprint density at radius 1 is 0.875 bits per heavy atom. The van der Waals surface area contributed by atoms with Gasteiger partial charge in [-0.15, -0.1) is 0 Å². The van der Waals surface area contributed by atoms with Crippen molar-refractivity contribution in [3.8, 4) is 0 Å². The molecule has 174 valence electrons. The Morgan fingerprint density at radius 3 is 2.06 bits per heavy atom. The summed E-state index contributed by atoms with van der Waals surface area (Å²) in [6.07, 6.45) is 0.851. The zero-order chi connectivity index (χ0) is 23.0. The Kier molecular flexibility index (Phi) is 11.9. The fourth-order valence-corrected chi connectivity index (χ4v) is 3.16. The third-order valence-corrected chi connectivity index (χ3v) is 4.72. The third kappa shape index (κ3) is 9.94. The van der Waals surface area contributed by atoms with Crippen molar-refractivity contribution in [1.82, 2.24) is 10.6 Å². The number of nitrogens with one attached hydrogen (secondary N) is 2. The van der Waals surface area contributed by atoms with Gasteiger partial charge in [-0.3, -0.25) is 4.79 Å². The standard InChI is InChI=1S/C25H34N2O5/c1-3-30-23(31-4-2)16-11-17-26-24(28)22(18-20-12-7-5-8-13-20)27-25(29)32-19-21-14-9-6-10-15-21/h5-10,12-15,22-23H,3-4,11,16-19H2,1-2H3,(H,26,28)(H,27,29)/t22-/m0/s1. The van der Waals surface area contributed by atoms with E-state index >= 15 is 0 Å². The highest BCUT2D eigenvalue weighted by atomic mass is 16.7. The van der Waals surface area contributed by atoms with Crippen LogP contribution >= 0.6 is 0 Å². The summed E-state index contributed by atoms with van der Waals surface area (Å²) in [5, 5.41) is 5.60. The van der Waals surface area contributed by atoms with Crippen LogP contribution in [0.4, 0.5) is 4.79 Å². The Morgan fingerprint density at radius 2 is 1.47 bits per heavy atom. The van der Waals surface area contributed by atoms with E-state index in [0.29, 0.717) is 39.0 Å². The van der Waals surface area contributed by atoms with Gasteiger partial charge in [-0.2, -0.15) is 0 Å². The number of hydrogen-bond donors (Lipinski definition) is 2. The van der Waals surface area contributed by atoms with Crippen molar-refractivity contribution < 1.29 is 23.8 Å². The number of carbonyl (C=O) groups excluding carboxylic acids is 2. The minimum atomic E-state index is -0.741. The summed E-state index contributed by atoms with van der Waals surface area (Å²) < 4.78 is 16.3. The second-order valence-electron chi connectivity index (χ2n) is 7.22. The first kappa shape index (κ1) is 25.4. The van der Waals surface area contributed by atoms with Crippen LogP contribution < -0.4 is 10.6 Å². The summed E-state index contributed by atoms with van der Waals surface area (Å²) in [6, 6.07) is 18.2. The summed E-state index contributed by atoms with van der Waals surface area (Å²) in [5.74, 6) is -0.255. The second kappa shape index (κ2) is 15.0. The molecule has 0 aliphatic heterocycles. The zero-order valence-electron chi connectivity index (χ0n) is 18.9. The van der Waals surface area contributed by atoms with Crippen LogP contribution in [0.3, 0.4) is 0 Å². The Hall–Kier alpha value is -2.90. The predicted molar refractivity (Wildman–Crippen MR) is 123 cm³/mol. The van der Waals surface area contributed by atoms with Crippen LogP contribution in [0.15, 0.2) is 60.7 Å². The fraction of sp³-hybridized carbons (Fsp3) is 0.440. The van der Waals surface area contributed by atoms with Crippen molar-refractivity contribution in [3.63, 3.8) is 0 Å². The van der Waals surface area contributed by atoms with E-state index in [2.05, 4.69) is 10.6 Å². The van der Waals surface area contributed by atoms with Gasteiger partial charge >= 0.3 is 6.09 Å². The smallest absolute Gasteiger partial charge is 0.408 e. The lowest BCUT2D eigenvalue weighted by Gasteiger charge is -2.20. The number of carbonyl (C=O) groups is 2. The first-order valence-electron chi connectivity index (χ1n) is 11.1. The number of hydrogen-bond acceptors (Lipinski definition) is 5. The molecule has 0 bridgehead atoms. The highest BCUT2D eigenvalue weighted by Crippen LogP contribution is 2.07. The molecule has 32 heavy (non-hydrogen) atoms. The minimum absolute atomic E-state index is 0.141. The average Bonchev–Trinajstić information content (AvgIpc) is 2.81. The molecule has 0 aliphatic rings. The van der Waals surface area contributed by atoms with Gasteiger partial charge in [-0.05, 0) is 31.4 Å². The van der Waals surface area contributed by atoms with E-state index in [1.54, 1.807) is 0 Å². The molecule has 7 heteroatoms. The Balaban J connectivity index is 1.87. The summed E-state index contributed by atoms with van der Waals surface area (Å²) in [7, 11) is 0. The molecule has 2 aromatic rings. The Labute approximate surface area is 190 Å². The molecular formula is C25H34N2O5. The third-order valence-electron chi connectivity index (χ3n) is 4.72. The summed E-state index contributed by atoms with van der Waals surface area (Å²) >= 11 is 0. The van der Waals surface area contributed by atoms with Crippen LogP contribution in [0.5, 0.6) is 0 Å². The lowest BCUT2D eigenvalue weighted by atomic mass is 10.1. The summed E-state index contributed by atoms with van der Waals surface area (Å²) in [4.78, 5) is 25.1. The molecule has 2 rings (SSSR count). The molecule has 0 fully saturated rings. The van der Waals surface area contributed by atoms with Gasteiger partial charge in [-0.1, -0.05) is 60.7 Å². The van der Waals surface area contributed by atoms with E-state index < -0.39 is 12.1 Å². The number of ether oxygens (including phenoxy) is 3. The van der Waals surface area contributed by atoms with Gasteiger partial charge in [-0.25, -0.2) is 4.79 Å². The largest absolute Gasteiger partial charge is 0.445 e. The monoisotopic (exact) mass is 442 g/mol. The van der Waals surface area contributed by atoms with E-state index in [1.165, 1.54) is 0 Å². The van der Waals surface area contributed by atoms with E-state index in [9.17, 15) is 9.59 Å². The summed E-state index contributed by atoms with van der Waals surface area (Å²) in [5.41, 5.74) is 1.83. The van der Waals surface area contributed by atoms with Crippen molar-refractivity contribution in [2.45, 2.75) is 52.0 Å². The summed E-state index contributed by atoms with van der Waals surface area (Å²) in [6.45, 7) is 5.59. The first-order valence-corrected chi connectivity index (χ1v) is 11.1.